The number of hydrogen-bond donors (Lipinski definition) is 1. The molecule has 1 radical (unpaired) electrons. The average Bonchev–Trinajstić information content (AvgIpc) is 0.811. The molecule has 0 aliphatic rings. The van der Waals surface area contributed by atoms with Crippen LogP contribution in [0.1, 0.15) is 6.92 Å². The van der Waals surface area contributed by atoms with Gasteiger partial charge in [-0.3, -0.25) is 4.79 Å². The second kappa shape index (κ2) is 9.68. The molecule has 0 rings (SSSR count). The molecule has 0 spiro atoms. The molecule has 0 fully saturated rings. The van der Waals surface area contributed by atoms with E-state index in [1.165, 1.54) is 0 Å². The fourth-order valence-electron chi connectivity index (χ4n) is 0. The Morgan fingerprint density at radius 3 is 1.67 bits per heavy atom. The third kappa shape index (κ3) is 51.1. The fraction of sp³-hybridized carbons (Fsp3) is 0.500. The quantitative estimate of drug-likeness (QED) is 0.651. The van der Waals surface area contributed by atoms with Crippen LogP contribution in [-0.2, 0) is 63.7 Å². The van der Waals surface area contributed by atoms with Crippen LogP contribution in [0.5, 0.6) is 0 Å². The van der Waals surface area contributed by atoms with Gasteiger partial charge in [-0.1, -0.05) is 0 Å². The van der Waals surface area contributed by atoms with E-state index >= 15 is 0 Å². The Labute approximate surface area is 80.7 Å². The Kier molecular flexibility index (Phi) is 25.2. The molecule has 0 aliphatic heterocycles. The Morgan fingerprint density at radius 2 is 1.67 bits per heavy atom. The summed E-state index contributed by atoms with van der Waals surface area (Å²) in [5, 5.41) is 7.42. The first-order valence-electron chi connectivity index (χ1n) is 0.928. The molecule has 0 aliphatic carbocycles. The maximum atomic E-state index is 9.00. The zero-order chi connectivity index (χ0) is 3.58. The van der Waals surface area contributed by atoms with E-state index in [1.807, 2.05) is 0 Å². The number of carbonyl (C=O) groups is 1. The minimum absolute atomic E-state index is 0. The predicted molar refractivity (Wildman–Crippen MR) is 13.3 cm³/mol. The smallest absolute Gasteiger partial charge is 0.300 e. The van der Waals surface area contributed by atoms with Crippen molar-refractivity contribution in [1.29, 1.82) is 0 Å². The van der Waals surface area contributed by atoms with Gasteiger partial charge in [-0.2, -0.15) is 0 Å². The molecule has 2 nitrogen and oxygen atoms in total. The third-order valence-corrected chi connectivity index (χ3v) is 0. The van der Waals surface area contributed by atoms with E-state index in [9.17, 15) is 0 Å². The standard InChI is InChI=1S/C2H4O2.Y.Zr/c1-2(3)4;;/h1H3,(H,3,4);;. The van der Waals surface area contributed by atoms with Gasteiger partial charge in [0.2, 0.25) is 0 Å². The van der Waals surface area contributed by atoms with Crippen molar-refractivity contribution in [2.45, 2.75) is 6.92 Å². The van der Waals surface area contributed by atoms with Gasteiger partial charge in [0.25, 0.3) is 5.97 Å². The monoisotopic (exact) mass is 239 g/mol. The first kappa shape index (κ1) is 15.7. The van der Waals surface area contributed by atoms with Crippen LogP contribution >= 0.6 is 0 Å². The minimum atomic E-state index is -0.833. The summed E-state index contributed by atoms with van der Waals surface area (Å²) in [6.45, 7) is 1.08. The molecule has 0 amide bonds. The Morgan fingerprint density at radius 1 is 1.67 bits per heavy atom. The summed E-state index contributed by atoms with van der Waals surface area (Å²) in [5.41, 5.74) is 0. The van der Waals surface area contributed by atoms with Crippen molar-refractivity contribution in [2.24, 2.45) is 0 Å². The number of carboxylic acid groups (broad SMARTS) is 1. The first-order valence-corrected chi connectivity index (χ1v) is 0.928. The van der Waals surface area contributed by atoms with Crippen molar-refractivity contribution >= 4 is 5.97 Å². The molecule has 31 valence electrons. The first-order chi connectivity index (χ1) is 1.73. The second-order valence-corrected chi connectivity index (χ2v) is 0.519. The van der Waals surface area contributed by atoms with Crippen LogP contribution in [0.4, 0.5) is 0 Å². The molecule has 0 unspecified atom stereocenters. The minimum Gasteiger partial charge on any atom is -0.481 e. The van der Waals surface area contributed by atoms with Crippen molar-refractivity contribution in [3.63, 3.8) is 0 Å². The number of hydrogen-bond acceptors (Lipinski definition) is 1. The Bertz CT molecular complexity index is 34.5. The third-order valence-electron chi connectivity index (χ3n) is 0. The van der Waals surface area contributed by atoms with E-state index in [4.69, 9.17) is 9.90 Å². The van der Waals surface area contributed by atoms with Gasteiger partial charge < -0.3 is 5.11 Å². The largest absolute Gasteiger partial charge is 0.481 e. The number of aliphatic carboxylic acids is 1. The van der Waals surface area contributed by atoms with Crippen LogP contribution in [0.15, 0.2) is 0 Å². The molecule has 6 heavy (non-hydrogen) atoms. The number of carboxylic acids is 1. The van der Waals surface area contributed by atoms with Crippen LogP contribution in [0.3, 0.4) is 0 Å². The maximum Gasteiger partial charge on any atom is 0.300 e. The van der Waals surface area contributed by atoms with Gasteiger partial charge >= 0.3 is 0 Å². The summed E-state index contributed by atoms with van der Waals surface area (Å²) >= 11 is 0. The van der Waals surface area contributed by atoms with Crippen LogP contribution in [0.25, 0.3) is 0 Å². The molecule has 0 aromatic heterocycles. The van der Waals surface area contributed by atoms with Crippen molar-refractivity contribution in [2.75, 3.05) is 0 Å². The molecule has 0 aromatic carbocycles. The zero-order valence-corrected chi connectivity index (χ0v) is 8.73. The summed E-state index contributed by atoms with van der Waals surface area (Å²) in [5.74, 6) is -0.833. The number of rotatable bonds is 0. The molecule has 0 atom stereocenters. The van der Waals surface area contributed by atoms with E-state index in [0.29, 0.717) is 0 Å². The SMILES string of the molecule is CC(=O)O.[Y].[Zr]. The fourth-order valence-corrected chi connectivity index (χ4v) is 0. The van der Waals surface area contributed by atoms with Crippen LogP contribution < -0.4 is 0 Å². The Hall–Kier alpha value is 1.46. The van der Waals surface area contributed by atoms with Crippen molar-refractivity contribution in [3.8, 4) is 0 Å². The van der Waals surface area contributed by atoms with E-state index in [0.717, 1.165) is 6.92 Å². The van der Waals surface area contributed by atoms with Gasteiger partial charge in [0, 0.05) is 65.8 Å². The summed E-state index contributed by atoms with van der Waals surface area (Å²) in [6, 6.07) is 0. The van der Waals surface area contributed by atoms with Gasteiger partial charge in [-0.15, -0.1) is 0 Å². The summed E-state index contributed by atoms with van der Waals surface area (Å²) in [6.07, 6.45) is 0. The molecule has 0 saturated heterocycles. The van der Waals surface area contributed by atoms with Gasteiger partial charge in [-0.05, 0) is 0 Å². The normalized spacial score (nSPS) is 4.17. The molecule has 1 N–H and O–H groups in total. The molecule has 0 aromatic rings. The molecule has 0 saturated carbocycles. The zero-order valence-electron chi connectivity index (χ0n) is 3.43. The van der Waals surface area contributed by atoms with Crippen molar-refractivity contribution < 1.29 is 68.8 Å². The average molecular weight is 240 g/mol. The van der Waals surface area contributed by atoms with Crippen LogP contribution in [0, 0.1) is 0 Å². The van der Waals surface area contributed by atoms with Gasteiger partial charge in [-0.25, -0.2) is 0 Å². The molecular weight excluding hydrogens is 236 g/mol. The molecule has 4 heteroatoms. The van der Waals surface area contributed by atoms with E-state index < -0.39 is 5.97 Å². The van der Waals surface area contributed by atoms with E-state index in [2.05, 4.69) is 0 Å². The maximum absolute atomic E-state index is 9.00. The second-order valence-electron chi connectivity index (χ2n) is 0.519. The topological polar surface area (TPSA) is 37.3 Å². The summed E-state index contributed by atoms with van der Waals surface area (Å²) in [4.78, 5) is 9.00. The molecule has 0 heterocycles. The summed E-state index contributed by atoms with van der Waals surface area (Å²) in [7, 11) is 0. The van der Waals surface area contributed by atoms with Gasteiger partial charge in [0.1, 0.15) is 0 Å². The van der Waals surface area contributed by atoms with E-state index in [-0.39, 0.29) is 58.9 Å². The summed E-state index contributed by atoms with van der Waals surface area (Å²) < 4.78 is 0. The van der Waals surface area contributed by atoms with Crippen LogP contribution in [0.2, 0.25) is 0 Å². The molecular formula is C2H4O2YZr. The van der Waals surface area contributed by atoms with Crippen LogP contribution in [-0.4, -0.2) is 11.1 Å². The molecule has 0 bridgehead atoms. The van der Waals surface area contributed by atoms with Gasteiger partial charge in [0.05, 0.1) is 0 Å². The van der Waals surface area contributed by atoms with Gasteiger partial charge in [0.15, 0.2) is 0 Å². The Balaban J connectivity index is -0.0000000450. The van der Waals surface area contributed by atoms with E-state index in [1.54, 1.807) is 0 Å². The predicted octanol–water partition coefficient (Wildman–Crippen LogP) is 0.0859. The van der Waals surface area contributed by atoms with Crippen molar-refractivity contribution in [3.05, 3.63) is 0 Å². The van der Waals surface area contributed by atoms with Crippen molar-refractivity contribution in [1.82, 2.24) is 0 Å².